The van der Waals surface area contributed by atoms with Crippen LogP contribution in [0.2, 0.25) is 0 Å². The summed E-state index contributed by atoms with van der Waals surface area (Å²) in [5.41, 5.74) is 1.43. The van der Waals surface area contributed by atoms with Crippen molar-refractivity contribution in [1.29, 1.82) is 0 Å². The standard InChI is InChI=1S/C21H31N3O2/c1-26-15-18-13-23(14-19-4-2-3-9-22-19)16-21(18)7-10-24(11-8-21)20(25)12-17-5-6-17/h2-4,9,17-18H,5-8,10-16H2,1H3/t18-/m0/s1. The third kappa shape index (κ3) is 3.94. The first-order chi connectivity index (χ1) is 12.7. The Hall–Kier alpha value is -1.46. The summed E-state index contributed by atoms with van der Waals surface area (Å²) in [7, 11) is 1.81. The molecule has 3 heterocycles. The van der Waals surface area contributed by atoms with Gasteiger partial charge in [0.15, 0.2) is 0 Å². The van der Waals surface area contributed by atoms with E-state index in [0.29, 0.717) is 23.2 Å². The Labute approximate surface area is 156 Å². The van der Waals surface area contributed by atoms with Gasteiger partial charge in [0.05, 0.1) is 12.3 Å². The number of rotatable bonds is 6. The number of aromatic nitrogens is 1. The lowest BCUT2D eigenvalue weighted by Crippen LogP contribution is -2.47. The van der Waals surface area contributed by atoms with Gasteiger partial charge >= 0.3 is 0 Å². The Morgan fingerprint density at radius 1 is 1.31 bits per heavy atom. The summed E-state index contributed by atoms with van der Waals surface area (Å²) in [5, 5.41) is 0. The van der Waals surface area contributed by atoms with E-state index in [1.807, 2.05) is 19.4 Å². The second kappa shape index (κ2) is 7.65. The highest BCUT2D eigenvalue weighted by atomic mass is 16.5. The van der Waals surface area contributed by atoms with Crippen molar-refractivity contribution in [3.63, 3.8) is 0 Å². The Kier molecular flexibility index (Phi) is 5.28. The van der Waals surface area contributed by atoms with Crippen LogP contribution in [0.4, 0.5) is 0 Å². The summed E-state index contributed by atoms with van der Waals surface area (Å²) in [6.45, 7) is 5.73. The van der Waals surface area contributed by atoms with E-state index in [1.54, 1.807) is 0 Å². The molecular weight excluding hydrogens is 326 g/mol. The highest BCUT2D eigenvalue weighted by Crippen LogP contribution is 2.45. The molecular formula is C21H31N3O2. The van der Waals surface area contributed by atoms with Crippen LogP contribution in [0.25, 0.3) is 0 Å². The molecule has 0 aromatic carbocycles. The number of carbonyl (C=O) groups is 1. The van der Waals surface area contributed by atoms with Crippen molar-refractivity contribution in [2.75, 3.05) is 39.9 Å². The van der Waals surface area contributed by atoms with Crippen LogP contribution in [0.3, 0.4) is 0 Å². The van der Waals surface area contributed by atoms with Crippen molar-refractivity contribution in [2.45, 2.75) is 38.6 Å². The Balaban J connectivity index is 1.38. The Morgan fingerprint density at radius 3 is 2.77 bits per heavy atom. The molecule has 1 atom stereocenters. The molecule has 0 radical (unpaired) electrons. The van der Waals surface area contributed by atoms with Crippen LogP contribution in [0.15, 0.2) is 24.4 Å². The summed E-state index contributed by atoms with van der Waals surface area (Å²) < 4.78 is 5.56. The number of hydrogen-bond acceptors (Lipinski definition) is 4. The number of nitrogens with zero attached hydrogens (tertiary/aromatic N) is 3. The lowest BCUT2D eigenvalue weighted by atomic mass is 9.71. The Morgan fingerprint density at radius 2 is 2.12 bits per heavy atom. The highest BCUT2D eigenvalue weighted by molar-refractivity contribution is 5.76. The molecule has 3 fully saturated rings. The number of ether oxygens (including phenoxy) is 1. The molecule has 2 saturated heterocycles. The van der Waals surface area contributed by atoms with Crippen LogP contribution in [0.1, 0.15) is 37.8 Å². The van der Waals surface area contributed by atoms with Gasteiger partial charge in [-0.25, -0.2) is 0 Å². The molecule has 1 aromatic rings. The number of amides is 1. The van der Waals surface area contributed by atoms with Gasteiger partial charge in [-0.15, -0.1) is 0 Å². The van der Waals surface area contributed by atoms with Gasteiger partial charge in [-0.2, -0.15) is 0 Å². The van der Waals surface area contributed by atoms with Crippen LogP contribution in [-0.4, -0.2) is 60.6 Å². The van der Waals surface area contributed by atoms with Crippen molar-refractivity contribution in [3.8, 4) is 0 Å². The second-order valence-corrected chi connectivity index (χ2v) is 8.53. The lowest BCUT2D eigenvalue weighted by molar-refractivity contribution is -0.134. The average Bonchev–Trinajstić information content (AvgIpc) is 3.41. The molecule has 1 spiro atoms. The van der Waals surface area contributed by atoms with Crippen LogP contribution >= 0.6 is 0 Å². The molecule has 26 heavy (non-hydrogen) atoms. The van der Waals surface area contributed by atoms with Crippen molar-refractivity contribution in [1.82, 2.24) is 14.8 Å². The minimum Gasteiger partial charge on any atom is -0.384 e. The second-order valence-electron chi connectivity index (χ2n) is 8.53. The third-order valence-electron chi connectivity index (χ3n) is 6.63. The maximum atomic E-state index is 12.4. The zero-order valence-corrected chi connectivity index (χ0v) is 15.9. The van der Waals surface area contributed by atoms with Crippen LogP contribution < -0.4 is 0 Å². The molecule has 4 rings (SSSR count). The van der Waals surface area contributed by atoms with E-state index in [2.05, 4.69) is 26.9 Å². The number of piperidine rings is 1. The summed E-state index contributed by atoms with van der Waals surface area (Å²) in [4.78, 5) is 21.6. The van der Waals surface area contributed by atoms with Gasteiger partial charge in [0.1, 0.15) is 0 Å². The molecule has 1 amide bonds. The van der Waals surface area contributed by atoms with Gasteiger partial charge in [-0.1, -0.05) is 6.07 Å². The zero-order valence-electron chi connectivity index (χ0n) is 15.9. The molecule has 0 N–H and O–H groups in total. The summed E-state index contributed by atoms with van der Waals surface area (Å²) in [6.07, 6.45) is 7.37. The van der Waals surface area contributed by atoms with Crippen LogP contribution in [-0.2, 0) is 16.1 Å². The summed E-state index contributed by atoms with van der Waals surface area (Å²) in [5.74, 6) is 1.62. The van der Waals surface area contributed by atoms with E-state index in [0.717, 1.165) is 64.3 Å². The molecule has 2 aliphatic heterocycles. The fourth-order valence-corrected chi connectivity index (χ4v) is 4.88. The first kappa shape index (κ1) is 17.9. The number of methoxy groups -OCH3 is 1. The molecule has 1 aromatic heterocycles. The number of pyridine rings is 1. The fraction of sp³-hybridized carbons (Fsp3) is 0.714. The lowest BCUT2D eigenvalue weighted by Gasteiger charge is -2.42. The number of carbonyl (C=O) groups excluding carboxylic acids is 1. The van der Waals surface area contributed by atoms with Crippen molar-refractivity contribution in [2.24, 2.45) is 17.3 Å². The van der Waals surface area contributed by atoms with Gasteiger partial charge < -0.3 is 9.64 Å². The van der Waals surface area contributed by atoms with E-state index in [9.17, 15) is 4.79 Å². The molecule has 0 bridgehead atoms. The van der Waals surface area contributed by atoms with Gasteiger partial charge in [-0.05, 0) is 49.1 Å². The first-order valence-electron chi connectivity index (χ1n) is 10.1. The molecule has 3 aliphatic rings. The van der Waals surface area contributed by atoms with Crippen LogP contribution in [0, 0.1) is 17.3 Å². The van der Waals surface area contributed by atoms with Crippen LogP contribution in [0.5, 0.6) is 0 Å². The highest BCUT2D eigenvalue weighted by Gasteiger charge is 2.48. The minimum atomic E-state index is 0.293. The largest absolute Gasteiger partial charge is 0.384 e. The minimum absolute atomic E-state index is 0.293. The fourth-order valence-electron chi connectivity index (χ4n) is 4.88. The number of likely N-dealkylation sites (tertiary alicyclic amines) is 2. The topological polar surface area (TPSA) is 45.7 Å². The molecule has 1 aliphatic carbocycles. The molecule has 5 nitrogen and oxygen atoms in total. The molecule has 142 valence electrons. The van der Waals surface area contributed by atoms with Gasteiger partial charge in [0.2, 0.25) is 5.91 Å². The van der Waals surface area contributed by atoms with Gasteiger partial charge in [0.25, 0.3) is 0 Å². The molecule has 1 saturated carbocycles. The smallest absolute Gasteiger partial charge is 0.222 e. The SMILES string of the molecule is COC[C@@H]1CN(Cc2ccccn2)CC12CCN(C(=O)CC1CC1)CC2. The average molecular weight is 357 g/mol. The third-order valence-corrected chi connectivity index (χ3v) is 6.63. The number of hydrogen-bond donors (Lipinski definition) is 0. The van der Waals surface area contributed by atoms with Gasteiger partial charge in [0, 0.05) is 58.4 Å². The maximum Gasteiger partial charge on any atom is 0.222 e. The van der Waals surface area contributed by atoms with E-state index in [1.165, 1.54) is 12.8 Å². The van der Waals surface area contributed by atoms with E-state index in [4.69, 9.17) is 4.74 Å². The predicted molar refractivity (Wildman–Crippen MR) is 100 cm³/mol. The molecule has 0 unspecified atom stereocenters. The van der Waals surface area contributed by atoms with Crippen molar-refractivity contribution < 1.29 is 9.53 Å². The van der Waals surface area contributed by atoms with Crippen molar-refractivity contribution in [3.05, 3.63) is 30.1 Å². The van der Waals surface area contributed by atoms with Gasteiger partial charge in [-0.3, -0.25) is 14.7 Å². The summed E-state index contributed by atoms with van der Waals surface area (Å²) in [6, 6.07) is 6.14. The molecule has 5 heteroatoms. The normalized spacial score (nSPS) is 25.7. The zero-order chi connectivity index (χ0) is 18.0. The van der Waals surface area contributed by atoms with E-state index < -0.39 is 0 Å². The monoisotopic (exact) mass is 357 g/mol. The maximum absolute atomic E-state index is 12.4. The summed E-state index contributed by atoms with van der Waals surface area (Å²) >= 11 is 0. The van der Waals surface area contributed by atoms with E-state index >= 15 is 0 Å². The predicted octanol–water partition coefficient (Wildman–Crippen LogP) is 2.57. The first-order valence-corrected chi connectivity index (χ1v) is 10.1. The van der Waals surface area contributed by atoms with E-state index in [-0.39, 0.29) is 0 Å². The van der Waals surface area contributed by atoms with Crippen molar-refractivity contribution >= 4 is 5.91 Å². The Bertz CT molecular complexity index is 609. The quantitative estimate of drug-likeness (QED) is 0.785.